The van der Waals surface area contributed by atoms with Gasteiger partial charge in [0, 0.05) is 18.8 Å². The lowest BCUT2D eigenvalue weighted by molar-refractivity contribution is 0.598. The average Bonchev–Trinajstić information content (AvgIpc) is 2.76. The third-order valence-electron chi connectivity index (χ3n) is 2.74. The van der Waals surface area contributed by atoms with Crippen LogP contribution in [0.1, 0.15) is 24.1 Å². The van der Waals surface area contributed by atoms with Crippen molar-refractivity contribution in [2.24, 2.45) is 7.05 Å². The van der Waals surface area contributed by atoms with Crippen LogP contribution in [-0.2, 0) is 7.05 Å². The molecular weight excluding hydrogens is 297 g/mol. The molecule has 1 N–H and O–H groups in total. The highest BCUT2D eigenvalue weighted by molar-refractivity contribution is 9.10. The van der Waals surface area contributed by atoms with E-state index in [1.54, 1.807) is 23.0 Å². The van der Waals surface area contributed by atoms with Gasteiger partial charge >= 0.3 is 0 Å². The minimum Gasteiger partial charge on any atom is -0.306 e. The second-order valence-electron chi connectivity index (χ2n) is 4.11. The number of halogens is 2. The van der Waals surface area contributed by atoms with E-state index in [-0.39, 0.29) is 11.9 Å². The molecule has 0 aliphatic heterocycles. The first-order valence-corrected chi connectivity index (χ1v) is 6.58. The van der Waals surface area contributed by atoms with Crippen molar-refractivity contribution in [3.05, 3.63) is 52.0 Å². The largest absolute Gasteiger partial charge is 0.306 e. The molecule has 96 valence electrons. The highest BCUT2D eigenvalue weighted by Crippen LogP contribution is 2.25. The molecule has 0 spiro atoms. The number of benzene rings is 1. The van der Waals surface area contributed by atoms with Crippen molar-refractivity contribution in [2.75, 3.05) is 6.54 Å². The highest BCUT2D eigenvalue weighted by atomic mass is 79.9. The third-order valence-corrected chi connectivity index (χ3v) is 3.39. The maximum Gasteiger partial charge on any atom is 0.137 e. The number of aryl methyl sites for hydroxylation is 1. The Balaban J connectivity index is 2.37. The molecule has 1 aromatic heterocycles. The molecule has 1 aromatic carbocycles. The molecule has 0 aliphatic rings. The first kappa shape index (κ1) is 13.2. The zero-order valence-electron chi connectivity index (χ0n) is 10.3. The summed E-state index contributed by atoms with van der Waals surface area (Å²) in [7, 11) is 1.87. The summed E-state index contributed by atoms with van der Waals surface area (Å²) in [6.07, 6.45) is 3.74. The predicted molar refractivity (Wildman–Crippen MR) is 72.8 cm³/mol. The molecule has 0 radical (unpaired) electrons. The number of rotatable bonds is 4. The summed E-state index contributed by atoms with van der Waals surface area (Å²) in [6, 6.07) is 5.15. The van der Waals surface area contributed by atoms with E-state index in [0.717, 1.165) is 17.7 Å². The summed E-state index contributed by atoms with van der Waals surface area (Å²) < 4.78 is 15.8. The Labute approximate surface area is 114 Å². The fraction of sp³-hybridized carbons (Fsp3) is 0.308. The van der Waals surface area contributed by atoms with Crippen LogP contribution in [0.4, 0.5) is 4.39 Å². The molecule has 0 amide bonds. The van der Waals surface area contributed by atoms with Gasteiger partial charge in [-0.25, -0.2) is 4.39 Å². The standard InChI is InChI=1S/C13H15BrFN3/c1-3-16-13(10-7-17-18(2)8-10)9-4-5-11(14)12(15)6-9/h4-8,13,16H,3H2,1-2H3. The van der Waals surface area contributed by atoms with Gasteiger partial charge in [0.15, 0.2) is 0 Å². The lowest BCUT2D eigenvalue weighted by atomic mass is 10.0. The highest BCUT2D eigenvalue weighted by Gasteiger charge is 2.15. The van der Waals surface area contributed by atoms with E-state index in [0.29, 0.717) is 4.47 Å². The Kier molecular flexibility index (Phi) is 4.14. The van der Waals surface area contributed by atoms with Gasteiger partial charge < -0.3 is 5.32 Å². The SMILES string of the molecule is CCNC(c1ccc(Br)c(F)c1)c1cnn(C)c1. The van der Waals surface area contributed by atoms with Gasteiger partial charge in [-0.3, -0.25) is 4.68 Å². The van der Waals surface area contributed by atoms with Crippen LogP contribution in [0, 0.1) is 5.82 Å². The Hall–Kier alpha value is -1.20. The summed E-state index contributed by atoms with van der Waals surface area (Å²) in [5, 5.41) is 7.50. The Morgan fingerprint density at radius 3 is 2.78 bits per heavy atom. The van der Waals surface area contributed by atoms with Crippen molar-refractivity contribution in [2.45, 2.75) is 13.0 Å². The van der Waals surface area contributed by atoms with E-state index in [4.69, 9.17) is 0 Å². The van der Waals surface area contributed by atoms with Gasteiger partial charge in [0.25, 0.3) is 0 Å². The monoisotopic (exact) mass is 311 g/mol. The predicted octanol–water partition coefficient (Wildman–Crippen LogP) is 3.02. The van der Waals surface area contributed by atoms with Gasteiger partial charge in [-0.05, 0) is 40.2 Å². The van der Waals surface area contributed by atoms with E-state index in [9.17, 15) is 4.39 Å². The molecule has 0 fully saturated rings. The molecular formula is C13H15BrFN3. The first-order valence-electron chi connectivity index (χ1n) is 5.78. The van der Waals surface area contributed by atoms with Crippen LogP contribution in [0.25, 0.3) is 0 Å². The minimum atomic E-state index is -0.251. The molecule has 2 aromatic rings. The van der Waals surface area contributed by atoms with E-state index in [1.165, 1.54) is 0 Å². The molecule has 5 heteroatoms. The zero-order valence-corrected chi connectivity index (χ0v) is 11.9. The molecule has 18 heavy (non-hydrogen) atoms. The molecule has 1 unspecified atom stereocenters. The summed E-state index contributed by atoms with van der Waals surface area (Å²) in [6.45, 7) is 2.83. The quantitative estimate of drug-likeness (QED) is 0.940. The number of aromatic nitrogens is 2. The maximum atomic E-state index is 13.6. The lowest BCUT2D eigenvalue weighted by Crippen LogP contribution is -2.21. The third kappa shape index (κ3) is 2.79. The van der Waals surface area contributed by atoms with E-state index >= 15 is 0 Å². The summed E-state index contributed by atoms with van der Waals surface area (Å²) in [5.74, 6) is -0.251. The molecule has 2 rings (SSSR count). The Morgan fingerprint density at radius 1 is 1.44 bits per heavy atom. The van der Waals surface area contributed by atoms with Gasteiger partial charge in [0.2, 0.25) is 0 Å². The molecule has 0 saturated heterocycles. The van der Waals surface area contributed by atoms with E-state index in [1.807, 2.05) is 26.2 Å². The van der Waals surface area contributed by atoms with Gasteiger partial charge in [0.1, 0.15) is 5.82 Å². The lowest BCUT2D eigenvalue weighted by Gasteiger charge is -2.17. The minimum absolute atomic E-state index is 0.0358. The van der Waals surface area contributed by atoms with Gasteiger partial charge in [-0.2, -0.15) is 5.10 Å². The second kappa shape index (κ2) is 5.63. The molecule has 1 heterocycles. The van der Waals surface area contributed by atoms with Gasteiger partial charge in [0.05, 0.1) is 16.7 Å². The van der Waals surface area contributed by atoms with Crippen LogP contribution >= 0.6 is 15.9 Å². The topological polar surface area (TPSA) is 29.9 Å². The van der Waals surface area contributed by atoms with Crippen LogP contribution in [0.15, 0.2) is 35.1 Å². The number of nitrogens with one attached hydrogen (secondary N) is 1. The van der Waals surface area contributed by atoms with Gasteiger partial charge in [-0.15, -0.1) is 0 Å². The molecule has 3 nitrogen and oxygen atoms in total. The Bertz CT molecular complexity index is 539. The van der Waals surface area contributed by atoms with Crippen molar-refractivity contribution in [1.82, 2.24) is 15.1 Å². The van der Waals surface area contributed by atoms with Crippen molar-refractivity contribution in [3.8, 4) is 0 Å². The molecule has 0 aliphatic carbocycles. The van der Waals surface area contributed by atoms with Crippen LogP contribution in [0.2, 0.25) is 0 Å². The number of nitrogens with zero attached hydrogens (tertiary/aromatic N) is 2. The normalized spacial score (nSPS) is 12.7. The maximum absolute atomic E-state index is 13.6. The van der Waals surface area contributed by atoms with Crippen molar-refractivity contribution in [1.29, 1.82) is 0 Å². The van der Waals surface area contributed by atoms with E-state index < -0.39 is 0 Å². The van der Waals surface area contributed by atoms with Crippen LogP contribution in [0.3, 0.4) is 0 Å². The van der Waals surface area contributed by atoms with Crippen LogP contribution < -0.4 is 5.32 Å². The fourth-order valence-electron chi connectivity index (χ4n) is 1.91. The average molecular weight is 312 g/mol. The van der Waals surface area contributed by atoms with Crippen LogP contribution in [0.5, 0.6) is 0 Å². The summed E-state index contributed by atoms with van der Waals surface area (Å²) in [5.41, 5.74) is 1.92. The molecule has 0 saturated carbocycles. The second-order valence-corrected chi connectivity index (χ2v) is 4.97. The van der Waals surface area contributed by atoms with Crippen molar-refractivity contribution < 1.29 is 4.39 Å². The fourth-order valence-corrected chi connectivity index (χ4v) is 2.16. The smallest absolute Gasteiger partial charge is 0.137 e. The van der Waals surface area contributed by atoms with E-state index in [2.05, 4.69) is 26.3 Å². The first-order chi connectivity index (χ1) is 8.61. The summed E-state index contributed by atoms with van der Waals surface area (Å²) >= 11 is 3.17. The van der Waals surface area contributed by atoms with Crippen LogP contribution in [-0.4, -0.2) is 16.3 Å². The molecule has 1 atom stereocenters. The number of hydrogen-bond donors (Lipinski definition) is 1. The number of hydrogen-bond acceptors (Lipinski definition) is 2. The van der Waals surface area contributed by atoms with Gasteiger partial charge in [-0.1, -0.05) is 13.0 Å². The Morgan fingerprint density at radius 2 is 2.22 bits per heavy atom. The van der Waals surface area contributed by atoms with Crippen molar-refractivity contribution >= 4 is 15.9 Å². The van der Waals surface area contributed by atoms with Crippen molar-refractivity contribution in [3.63, 3.8) is 0 Å². The molecule has 0 bridgehead atoms. The summed E-state index contributed by atoms with van der Waals surface area (Å²) in [4.78, 5) is 0. The zero-order chi connectivity index (χ0) is 13.1.